The second kappa shape index (κ2) is 8.48. The lowest BCUT2D eigenvalue weighted by atomic mass is 9.91. The Kier molecular flexibility index (Phi) is 8.20. The number of nitrogens with one attached hydrogen (secondary N) is 1. The summed E-state index contributed by atoms with van der Waals surface area (Å²) >= 11 is 0. The molecule has 0 fully saturated rings. The van der Waals surface area contributed by atoms with Gasteiger partial charge in [0.1, 0.15) is 5.54 Å². The van der Waals surface area contributed by atoms with Crippen LogP contribution >= 0.6 is 0 Å². The van der Waals surface area contributed by atoms with Gasteiger partial charge in [0, 0.05) is 6.61 Å². The number of rotatable bonds is 10. The topological polar surface area (TPSA) is 58.6 Å². The molecule has 0 aromatic carbocycles. The maximum Gasteiger partial charge on any atom is 0.323 e. The van der Waals surface area contributed by atoms with Crippen LogP contribution in [-0.4, -0.2) is 36.4 Å². The lowest BCUT2D eigenvalue weighted by Gasteiger charge is -2.27. The van der Waals surface area contributed by atoms with E-state index in [4.69, 9.17) is 4.74 Å². The van der Waals surface area contributed by atoms with Crippen molar-refractivity contribution < 1.29 is 14.6 Å². The molecule has 0 radical (unpaired) electrons. The summed E-state index contributed by atoms with van der Waals surface area (Å²) in [5.41, 5.74) is -0.801. The second-order valence-electron chi connectivity index (χ2n) is 5.41. The van der Waals surface area contributed by atoms with Crippen molar-refractivity contribution in [2.45, 2.75) is 65.0 Å². The van der Waals surface area contributed by atoms with E-state index >= 15 is 0 Å². The van der Waals surface area contributed by atoms with E-state index < -0.39 is 11.5 Å². The minimum absolute atomic E-state index is 0.250. The van der Waals surface area contributed by atoms with E-state index in [1.807, 2.05) is 6.92 Å². The zero-order valence-corrected chi connectivity index (χ0v) is 12.5. The van der Waals surface area contributed by atoms with E-state index in [0.717, 1.165) is 12.8 Å². The van der Waals surface area contributed by atoms with Crippen LogP contribution in [0.4, 0.5) is 0 Å². The highest BCUT2D eigenvalue weighted by Gasteiger charge is 2.34. The first-order valence-corrected chi connectivity index (χ1v) is 6.91. The van der Waals surface area contributed by atoms with Crippen LogP contribution in [0.1, 0.15) is 53.4 Å². The second-order valence-corrected chi connectivity index (χ2v) is 5.41. The molecule has 4 nitrogen and oxygen atoms in total. The lowest BCUT2D eigenvalue weighted by Crippen LogP contribution is -2.50. The molecule has 2 N–H and O–H groups in total. The van der Waals surface area contributed by atoms with Crippen LogP contribution in [0, 0.1) is 5.92 Å². The lowest BCUT2D eigenvalue weighted by molar-refractivity contribution is -0.145. The summed E-state index contributed by atoms with van der Waals surface area (Å²) in [6.45, 7) is 8.95. The number of carboxylic acid groups (broad SMARTS) is 1. The van der Waals surface area contributed by atoms with E-state index in [-0.39, 0.29) is 6.10 Å². The Balaban J connectivity index is 3.98. The van der Waals surface area contributed by atoms with Crippen molar-refractivity contribution in [3.05, 3.63) is 0 Å². The van der Waals surface area contributed by atoms with Gasteiger partial charge in [0.05, 0.1) is 6.10 Å². The van der Waals surface area contributed by atoms with Gasteiger partial charge in [-0.15, -0.1) is 0 Å². The fraction of sp³-hybridized carbons (Fsp3) is 0.929. The van der Waals surface area contributed by atoms with Crippen LogP contribution in [-0.2, 0) is 9.53 Å². The molecule has 108 valence electrons. The van der Waals surface area contributed by atoms with Gasteiger partial charge in [-0.3, -0.25) is 4.79 Å². The first-order valence-electron chi connectivity index (χ1n) is 6.91. The number of carboxylic acids is 1. The molecule has 0 rings (SSSR count). The number of carbonyl (C=O) groups is 1. The van der Waals surface area contributed by atoms with E-state index in [9.17, 15) is 9.90 Å². The number of hydrogen-bond acceptors (Lipinski definition) is 3. The van der Waals surface area contributed by atoms with E-state index in [2.05, 4.69) is 26.1 Å². The number of hydrogen-bond donors (Lipinski definition) is 2. The standard InChI is InChI=1S/C14H29NO3/c1-6-14(15-5,13(16)17)8-7-9-18-12(4)10-11(2)3/h11-12,15H,6-10H2,1-5H3,(H,16,17). The van der Waals surface area contributed by atoms with E-state index in [1.165, 1.54) is 0 Å². The summed E-state index contributed by atoms with van der Waals surface area (Å²) in [7, 11) is 1.71. The molecule has 0 heterocycles. The van der Waals surface area contributed by atoms with Crippen LogP contribution in [0.5, 0.6) is 0 Å². The predicted octanol–water partition coefficient (Wildman–Crippen LogP) is 2.67. The van der Waals surface area contributed by atoms with Crippen molar-refractivity contribution >= 4 is 5.97 Å². The van der Waals surface area contributed by atoms with Crippen molar-refractivity contribution in [3.8, 4) is 0 Å². The molecular formula is C14H29NO3. The van der Waals surface area contributed by atoms with Gasteiger partial charge in [0.15, 0.2) is 0 Å². The fourth-order valence-corrected chi connectivity index (χ4v) is 2.23. The van der Waals surface area contributed by atoms with Gasteiger partial charge < -0.3 is 15.2 Å². The Morgan fingerprint density at radius 1 is 1.39 bits per heavy atom. The maximum atomic E-state index is 11.3. The van der Waals surface area contributed by atoms with Crippen LogP contribution in [0.25, 0.3) is 0 Å². The Hall–Kier alpha value is -0.610. The molecule has 2 atom stereocenters. The minimum Gasteiger partial charge on any atom is -0.480 e. The van der Waals surface area contributed by atoms with Gasteiger partial charge in [-0.25, -0.2) is 0 Å². The van der Waals surface area contributed by atoms with Gasteiger partial charge in [0.25, 0.3) is 0 Å². The summed E-state index contributed by atoms with van der Waals surface area (Å²) < 4.78 is 5.70. The van der Waals surface area contributed by atoms with Gasteiger partial charge in [-0.2, -0.15) is 0 Å². The maximum absolute atomic E-state index is 11.3. The van der Waals surface area contributed by atoms with Crippen molar-refractivity contribution in [2.75, 3.05) is 13.7 Å². The first-order chi connectivity index (χ1) is 8.38. The highest BCUT2D eigenvalue weighted by molar-refractivity contribution is 5.78. The smallest absolute Gasteiger partial charge is 0.323 e. The van der Waals surface area contributed by atoms with Gasteiger partial charge >= 0.3 is 5.97 Å². The number of ether oxygens (including phenoxy) is 1. The normalized spacial score (nSPS) is 16.6. The molecule has 0 aromatic heterocycles. The molecule has 0 aromatic rings. The highest BCUT2D eigenvalue weighted by Crippen LogP contribution is 2.18. The van der Waals surface area contributed by atoms with E-state index in [0.29, 0.717) is 25.4 Å². The Labute approximate surface area is 111 Å². The Bertz CT molecular complexity index is 237. The molecular weight excluding hydrogens is 230 g/mol. The van der Waals surface area contributed by atoms with Crippen molar-refractivity contribution in [1.82, 2.24) is 5.32 Å². The van der Waals surface area contributed by atoms with Crippen molar-refractivity contribution in [3.63, 3.8) is 0 Å². The minimum atomic E-state index is -0.801. The zero-order valence-electron chi connectivity index (χ0n) is 12.5. The fourth-order valence-electron chi connectivity index (χ4n) is 2.23. The van der Waals surface area contributed by atoms with Crippen LogP contribution in [0.15, 0.2) is 0 Å². The first kappa shape index (κ1) is 17.4. The summed E-state index contributed by atoms with van der Waals surface area (Å²) in [5.74, 6) is -0.145. The number of aliphatic carboxylic acids is 1. The van der Waals surface area contributed by atoms with Crippen LogP contribution < -0.4 is 5.32 Å². The molecule has 0 aliphatic rings. The molecule has 0 aliphatic carbocycles. The Morgan fingerprint density at radius 3 is 2.39 bits per heavy atom. The van der Waals surface area contributed by atoms with Gasteiger partial charge in [-0.1, -0.05) is 20.8 Å². The SMILES string of the molecule is CCC(CCCOC(C)CC(C)C)(NC)C(=O)O. The van der Waals surface area contributed by atoms with Crippen molar-refractivity contribution in [2.24, 2.45) is 5.92 Å². The monoisotopic (exact) mass is 259 g/mol. The quantitative estimate of drug-likeness (QED) is 0.592. The molecule has 0 amide bonds. The largest absolute Gasteiger partial charge is 0.480 e. The molecule has 0 bridgehead atoms. The Morgan fingerprint density at radius 2 is 2.00 bits per heavy atom. The third kappa shape index (κ3) is 5.83. The van der Waals surface area contributed by atoms with Gasteiger partial charge in [-0.05, 0) is 45.6 Å². The summed E-state index contributed by atoms with van der Waals surface area (Å²) in [5, 5.41) is 12.2. The zero-order chi connectivity index (χ0) is 14.2. The summed E-state index contributed by atoms with van der Waals surface area (Å²) in [4.78, 5) is 11.3. The van der Waals surface area contributed by atoms with Crippen LogP contribution in [0.2, 0.25) is 0 Å². The molecule has 0 saturated heterocycles. The molecule has 0 saturated carbocycles. The third-order valence-corrected chi connectivity index (χ3v) is 3.45. The molecule has 0 spiro atoms. The molecule has 18 heavy (non-hydrogen) atoms. The third-order valence-electron chi connectivity index (χ3n) is 3.45. The average Bonchev–Trinajstić information content (AvgIpc) is 2.28. The summed E-state index contributed by atoms with van der Waals surface area (Å²) in [6, 6.07) is 0. The number of likely N-dealkylation sites (N-methyl/N-ethyl adjacent to an activating group) is 1. The average molecular weight is 259 g/mol. The van der Waals surface area contributed by atoms with Crippen molar-refractivity contribution in [1.29, 1.82) is 0 Å². The van der Waals surface area contributed by atoms with Crippen LogP contribution in [0.3, 0.4) is 0 Å². The summed E-state index contributed by atoms with van der Waals surface area (Å²) in [6.07, 6.45) is 3.25. The van der Waals surface area contributed by atoms with E-state index in [1.54, 1.807) is 7.05 Å². The molecule has 4 heteroatoms. The van der Waals surface area contributed by atoms with Gasteiger partial charge in [0.2, 0.25) is 0 Å². The highest BCUT2D eigenvalue weighted by atomic mass is 16.5. The predicted molar refractivity (Wildman–Crippen MR) is 73.8 cm³/mol. The molecule has 2 unspecified atom stereocenters. The molecule has 0 aliphatic heterocycles.